The van der Waals surface area contributed by atoms with Crippen molar-refractivity contribution < 1.29 is 14.0 Å². The summed E-state index contributed by atoms with van der Waals surface area (Å²) in [5, 5.41) is 5.60. The van der Waals surface area contributed by atoms with Crippen LogP contribution in [0, 0.1) is 12.7 Å². The van der Waals surface area contributed by atoms with Gasteiger partial charge in [0.1, 0.15) is 11.9 Å². The molecule has 7 nitrogen and oxygen atoms in total. The zero-order valence-electron chi connectivity index (χ0n) is 16.8. The number of hydrogen-bond acceptors (Lipinski definition) is 5. The first-order chi connectivity index (χ1) is 14.5. The summed E-state index contributed by atoms with van der Waals surface area (Å²) >= 11 is 0. The molecule has 2 aromatic carbocycles. The van der Waals surface area contributed by atoms with E-state index < -0.39 is 6.04 Å². The first kappa shape index (κ1) is 19.9. The van der Waals surface area contributed by atoms with Crippen molar-refractivity contribution in [2.45, 2.75) is 19.4 Å². The second kappa shape index (κ2) is 8.52. The number of carbonyl (C=O) groups is 2. The van der Waals surface area contributed by atoms with Crippen LogP contribution in [-0.2, 0) is 9.59 Å². The highest BCUT2D eigenvalue weighted by Crippen LogP contribution is 2.21. The molecule has 0 radical (unpaired) electrons. The third-order valence-electron chi connectivity index (χ3n) is 5.30. The van der Waals surface area contributed by atoms with Gasteiger partial charge < -0.3 is 15.1 Å². The number of carbonyl (C=O) groups excluding carboxylic acids is 2. The molecule has 1 saturated heterocycles. The van der Waals surface area contributed by atoms with Crippen LogP contribution >= 0.6 is 0 Å². The standard InChI is InChI=1S/C22H24FN5O2/c1-15-6-8-16(9-7-15)24-21(30)18-14-20(29)26-22(25-18)28-12-10-27(11-13-28)19-5-3-2-4-17(19)23/h2-9,18H,10-14H2,1H3,(H,24,30)(H,25,26,29)/t18-/m1/s1. The molecule has 156 valence electrons. The van der Waals surface area contributed by atoms with Crippen LogP contribution in [0.4, 0.5) is 15.8 Å². The fourth-order valence-electron chi connectivity index (χ4n) is 3.62. The van der Waals surface area contributed by atoms with Crippen LogP contribution in [0.3, 0.4) is 0 Å². The molecule has 0 bridgehead atoms. The maximum Gasteiger partial charge on any atom is 0.249 e. The van der Waals surface area contributed by atoms with E-state index in [1.165, 1.54) is 6.07 Å². The molecule has 1 fully saturated rings. The van der Waals surface area contributed by atoms with Crippen LogP contribution in [0.2, 0.25) is 0 Å². The Bertz CT molecular complexity index is 968. The lowest BCUT2D eigenvalue weighted by molar-refractivity contribution is -0.125. The second-order valence-electron chi connectivity index (χ2n) is 7.50. The maximum atomic E-state index is 14.0. The van der Waals surface area contributed by atoms with Crippen LogP contribution in [0.25, 0.3) is 0 Å². The van der Waals surface area contributed by atoms with Gasteiger partial charge in [-0.15, -0.1) is 0 Å². The van der Waals surface area contributed by atoms with Crippen molar-refractivity contribution in [1.82, 2.24) is 10.2 Å². The van der Waals surface area contributed by atoms with Gasteiger partial charge in [0.05, 0.1) is 12.1 Å². The predicted molar refractivity (Wildman–Crippen MR) is 114 cm³/mol. The summed E-state index contributed by atoms with van der Waals surface area (Å²) in [6, 6.07) is 13.4. The molecule has 4 rings (SSSR count). The Morgan fingerprint density at radius 1 is 1.07 bits per heavy atom. The van der Waals surface area contributed by atoms with Gasteiger partial charge in [-0.3, -0.25) is 14.9 Å². The Morgan fingerprint density at radius 3 is 2.43 bits per heavy atom. The van der Waals surface area contributed by atoms with Gasteiger partial charge in [0, 0.05) is 31.9 Å². The molecule has 2 N–H and O–H groups in total. The molecule has 0 aromatic heterocycles. The highest BCUT2D eigenvalue weighted by molar-refractivity contribution is 6.06. The topological polar surface area (TPSA) is 77.0 Å². The Kier molecular flexibility index (Phi) is 5.65. The van der Waals surface area contributed by atoms with Crippen molar-refractivity contribution in [1.29, 1.82) is 0 Å². The monoisotopic (exact) mass is 409 g/mol. The number of aliphatic imine (C=N–C) groups is 1. The third-order valence-corrected chi connectivity index (χ3v) is 5.30. The molecular formula is C22H24FN5O2. The van der Waals surface area contributed by atoms with Crippen LogP contribution in [0.1, 0.15) is 12.0 Å². The molecule has 0 unspecified atom stereocenters. The van der Waals surface area contributed by atoms with Gasteiger partial charge >= 0.3 is 0 Å². The number of amides is 2. The number of piperazine rings is 1. The number of aryl methyl sites for hydroxylation is 1. The first-order valence-electron chi connectivity index (χ1n) is 9.99. The molecule has 2 aliphatic heterocycles. The number of hydrogen-bond donors (Lipinski definition) is 2. The summed E-state index contributed by atoms with van der Waals surface area (Å²) in [5.74, 6) is -0.387. The maximum absolute atomic E-state index is 14.0. The van der Waals surface area contributed by atoms with Crippen LogP contribution < -0.4 is 15.5 Å². The molecule has 0 aliphatic carbocycles. The number of para-hydroxylation sites is 1. The van der Waals surface area contributed by atoms with E-state index >= 15 is 0 Å². The van der Waals surface area contributed by atoms with Crippen molar-refractivity contribution in [2.75, 3.05) is 36.4 Å². The minimum absolute atomic E-state index is 0.0103. The molecule has 30 heavy (non-hydrogen) atoms. The summed E-state index contributed by atoms with van der Waals surface area (Å²) in [6.45, 7) is 4.30. The molecule has 2 aliphatic rings. The fourth-order valence-corrected chi connectivity index (χ4v) is 3.62. The van der Waals surface area contributed by atoms with E-state index in [0.29, 0.717) is 43.5 Å². The van der Waals surface area contributed by atoms with E-state index in [2.05, 4.69) is 15.6 Å². The summed E-state index contributed by atoms with van der Waals surface area (Å²) < 4.78 is 14.0. The molecule has 0 spiro atoms. The molecule has 0 saturated carbocycles. The fraction of sp³-hybridized carbons (Fsp3) is 0.318. The highest BCUT2D eigenvalue weighted by atomic mass is 19.1. The Labute approximate surface area is 174 Å². The van der Waals surface area contributed by atoms with E-state index in [0.717, 1.165) is 5.56 Å². The zero-order valence-corrected chi connectivity index (χ0v) is 16.8. The molecule has 2 aromatic rings. The lowest BCUT2D eigenvalue weighted by Gasteiger charge is -2.38. The zero-order chi connectivity index (χ0) is 21.1. The van der Waals surface area contributed by atoms with Crippen molar-refractivity contribution in [3.63, 3.8) is 0 Å². The van der Waals surface area contributed by atoms with Crippen molar-refractivity contribution in [3.8, 4) is 0 Å². The van der Waals surface area contributed by atoms with E-state index in [1.54, 1.807) is 12.1 Å². The normalized spacial score (nSPS) is 19.2. The van der Waals surface area contributed by atoms with Crippen molar-refractivity contribution in [2.24, 2.45) is 4.99 Å². The van der Waals surface area contributed by atoms with E-state index in [-0.39, 0.29) is 24.1 Å². The number of guanidine groups is 1. The second-order valence-corrected chi connectivity index (χ2v) is 7.50. The average molecular weight is 409 g/mol. The number of nitrogens with one attached hydrogen (secondary N) is 2. The van der Waals surface area contributed by atoms with Crippen LogP contribution in [0.5, 0.6) is 0 Å². The lowest BCUT2D eigenvalue weighted by atomic mass is 10.1. The van der Waals surface area contributed by atoms with E-state index in [9.17, 15) is 14.0 Å². The van der Waals surface area contributed by atoms with Crippen LogP contribution in [-0.4, -0.2) is 54.9 Å². The van der Waals surface area contributed by atoms with E-state index in [1.807, 2.05) is 47.1 Å². The highest BCUT2D eigenvalue weighted by Gasteiger charge is 2.31. The molecule has 1 atom stereocenters. The van der Waals surface area contributed by atoms with Gasteiger partial charge in [0.25, 0.3) is 0 Å². The van der Waals surface area contributed by atoms with Gasteiger partial charge in [-0.1, -0.05) is 29.8 Å². The van der Waals surface area contributed by atoms with Gasteiger partial charge in [-0.2, -0.15) is 0 Å². The average Bonchev–Trinajstić information content (AvgIpc) is 2.75. The minimum atomic E-state index is -0.778. The van der Waals surface area contributed by atoms with Gasteiger partial charge in [-0.25, -0.2) is 9.38 Å². The first-order valence-corrected chi connectivity index (χ1v) is 9.99. The minimum Gasteiger partial charge on any atom is -0.366 e. The summed E-state index contributed by atoms with van der Waals surface area (Å²) in [7, 11) is 0. The molecule has 8 heteroatoms. The van der Waals surface area contributed by atoms with Gasteiger partial charge in [-0.05, 0) is 31.2 Å². The Morgan fingerprint density at radius 2 is 1.73 bits per heavy atom. The summed E-state index contributed by atoms with van der Waals surface area (Å²) in [5.41, 5.74) is 2.34. The van der Waals surface area contributed by atoms with Gasteiger partial charge in [0.2, 0.25) is 17.8 Å². The molecule has 2 amide bonds. The van der Waals surface area contributed by atoms with Gasteiger partial charge in [0.15, 0.2) is 0 Å². The van der Waals surface area contributed by atoms with E-state index in [4.69, 9.17) is 0 Å². The predicted octanol–water partition coefficient (Wildman–Crippen LogP) is 2.14. The largest absolute Gasteiger partial charge is 0.366 e. The SMILES string of the molecule is Cc1ccc(NC(=O)[C@H]2CC(=O)NC(N3CCN(c4ccccc4F)CC3)=N2)cc1. The third kappa shape index (κ3) is 4.42. The number of halogens is 1. The summed E-state index contributed by atoms with van der Waals surface area (Å²) in [4.78, 5) is 33.2. The molecule has 2 heterocycles. The lowest BCUT2D eigenvalue weighted by Crippen LogP contribution is -2.56. The number of rotatable bonds is 3. The summed E-state index contributed by atoms with van der Waals surface area (Å²) in [6.07, 6.45) is 0.0103. The number of benzene rings is 2. The Balaban J connectivity index is 1.41. The number of nitrogens with zero attached hydrogens (tertiary/aromatic N) is 3. The quantitative estimate of drug-likeness (QED) is 0.814. The van der Waals surface area contributed by atoms with Crippen LogP contribution in [0.15, 0.2) is 53.5 Å². The molecular weight excluding hydrogens is 385 g/mol. The Hall–Kier alpha value is -3.42. The van der Waals surface area contributed by atoms with Crippen molar-refractivity contribution >= 4 is 29.1 Å². The smallest absolute Gasteiger partial charge is 0.249 e. The number of anilines is 2. The van der Waals surface area contributed by atoms with Crippen molar-refractivity contribution in [3.05, 3.63) is 59.9 Å².